The van der Waals surface area contributed by atoms with Gasteiger partial charge < -0.3 is 15.2 Å². The normalized spacial score (nSPS) is 12.3. The number of rotatable bonds is 7. The van der Waals surface area contributed by atoms with E-state index in [1.807, 2.05) is 0 Å². The summed E-state index contributed by atoms with van der Waals surface area (Å²) in [5.74, 6) is -3.22. The quantitative estimate of drug-likeness (QED) is 0.462. The van der Waals surface area contributed by atoms with Crippen LogP contribution in [0.4, 0.5) is 17.6 Å². The van der Waals surface area contributed by atoms with Gasteiger partial charge in [-0.05, 0) is 30.3 Å². The Balaban J connectivity index is 1.98. The van der Waals surface area contributed by atoms with Crippen LogP contribution in [0.25, 0.3) is 5.69 Å². The Morgan fingerprint density at radius 2 is 1.88 bits per heavy atom. The first-order chi connectivity index (χ1) is 15.5. The lowest BCUT2D eigenvalue weighted by Crippen LogP contribution is -2.31. The van der Waals surface area contributed by atoms with Crippen LogP contribution in [-0.2, 0) is 11.0 Å². The smallest absolute Gasteiger partial charge is 0.416 e. The summed E-state index contributed by atoms with van der Waals surface area (Å²) in [6.45, 7) is 0. The lowest BCUT2D eigenvalue weighted by molar-refractivity contribution is -0.138. The monoisotopic (exact) mass is 467 g/mol. The SMILES string of the molecule is COc1ccc(C(F)(F)F)cc1C(CC(=O)O)NC(=O)c1cc(=O)n(-c2ccccc2F)[nH]1. The molecule has 0 saturated carbocycles. The molecule has 0 spiro atoms. The minimum absolute atomic E-state index is 0.0769. The number of aromatic amines is 1. The van der Waals surface area contributed by atoms with Gasteiger partial charge in [0.1, 0.15) is 22.9 Å². The third-order valence-corrected chi connectivity index (χ3v) is 4.67. The molecular formula is C21H17F4N3O5. The second-order valence-electron chi connectivity index (χ2n) is 6.87. The maximum absolute atomic E-state index is 14.0. The van der Waals surface area contributed by atoms with Gasteiger partial charge in [-0.1, -0.05) is 12.1 Å². The maximum atomic E-state index is 14.0. The molecule has 1 atom stereocenters. The fraction of sp³-hybridized carbons (Fsp3) is 0.190. The van der Waals surface area contributed by atoms with E-state index in [1.165, 1.54) is 25.3 Å². The predicted molar refractivity (Wildman–Crippen MR) is 107 cm³/mol. The van der Waals surface area contributed by atoms with Crippen molar-refractivity contribution in [3.8, 4) is 11.4 Å². The second kappa shape index (κ2) is 9.18. The van der Waals surface area contributed by atoms with Crippen LogP contribution in [0.1, 0.15) is 34.1 Å². The summed E-state index contributed by atoms with van der Waals surface area (Å²) in [5.41, 5.74) is -2.59. The van der Waals surface area contributed by atoms with E-state index in [2.05, 4.69) is 10.4 Å². The van der Waals surface area contributed by atoms with Crippen LogP contribution >= 0.6 is 0 Å². The van der Waals surface area contributed by atoms with Gasteiger partial charge in [-0.25, -0.2) is 9.07 Å². The van der Waals surface area contributed by atoms with E-state index >= 15 is 0 Å². The molecule has 0 saturated heterocycles. The number of amides is 1. The van der Waals surface area contributed by atoms with Crippen molar-refractivity contribution in [3.63, 3.8) is 0 Å². The number of halogens is 4. The molecule has 1 amide bonds. The Bertz CT molecular complexity index is 1250. The fourth-order valence-corrected chi connectivity index (χ4v) is 3.16. The molecule has 2 aromatic carbocycles. The minimum Gasteiger partial charge on any atom is -0.496 e. The number of carboxylic acid groups (broad SMARTS) is 1. The van der Waals surface area contributed by atoms with Crippen LogP contribution in [0.5, 0.6) is 5.75 Å². The summed E-state index contributed by atoms with van der Waals surface area (Å²) < 4.78 is 59.4. The molecule has 12 heteroatoms. The standard InChI is InChI=1S/C21H17F4N3O5/c1-33-17-7-6-11(21(23,24)25)8-12(17)14(10-19(30)31)26-20(32)15-9-18(29)28(27-15)16-5-3-2-4-13(16)22/h2-9,14,27H,10H2,1H3,(H,26,32)(H,30,31). The molecule has 3 rings (SSSR count). The number of carbonyl (C=O) groups excluding carboxylic acids is 1. The van der Waals surface area contributed by atoms with Crippen LogP contribution < -0.4 is 15.6 Å². The van der Waals surface area contributed by atoms with Crippen LogP contribution in [-0.4, -0.2) is 33.9 Å². The number of hydrogen-bond donors (Lipinski definition) is 3. The number of aromatic nitrogens is 2. The Morgan fingerprint density at radius 1 is 1.18 bits per heavy atom. The van der Waals surface area contributed by atoms with Crippen molar-refractivity contribution >= 4 is 11.9 Å². The Hall–Kier alpha value is -4.09. The molecule has 3 N–H and O–H groups in total. The number of carboxylic acids is 1. The molecule has 33 heavy (non-hydrogen) atoms. The Morgan fingerprint density at radius 3 is 2.48 bits per heavy atom. The number of carbonyl (C=O) groups is 2. The highest BCUT2D eigenvalue weighted by Gasteiger charge is 2.33. The summed E-state index contributed by atoms with van der Waals surface area (Å²) in [6, 6.07) is 7.12. The minimum atomic E-state index is -4.72. The highest BCUT2D eigenvalue weighted by atomic mass is 19.4. The third-order valence-electron chi connectivity index (χ3n) is 4.67. The summed E-state index contributed by atoms with van der Waals surface area (Å²) in [5, 5.41) is 13.9. The van der Waals surface area contributed by atoms with E-state index < -0.39 is 47.5 Å². The van der Waals surface area contributed by atoms with Crippen molar-refractivity contribution in [1.29, 1.82) is 0 Å². The summed E-state index contributed by atoms with van der Waals surface area (Å²) in [6.07, 6.45) is -5.50. The summed E-state index contributed by atoms with van der Waals surface area (Å²) in [7, 11) is 1.18. The molecule has 0 aliphatic carbocycles. The third kappa shape index (κ3) is 5.22. The second-order valence-corrected chi connectivity index (χ2v) is 6.87. The first kappa shape index (κ1) is 23.6. The first-order valence-corrected chi connectivity index (χ1v) is 9.36. The average Bonchev–Trinajstić information content (AvgIpc) is 3.13. The lowest BCUT2D eigenvalue weighted by atomic mass is 9.99. The summed E-state index contributed by atoms with van der Waals surface area (Å²) in [4.78, 5) is 36.3. The molecule has 0 bridgehead atoms. The van der Waals surface area contributed by atoms with Crippen molar-refractivity contribution in [2.45, 2.75) is 18.6 Å². The van der Waals surface area contributed by atoms with Gasteiger partial charge in [0.15, 0.2) is 0 Å². The van der Waals surface area contributed by atoms with Gasteiger partial charge in [-0.3, -0.25) is 19.5 Å². The fourth-order valence-electron chi connectivity index (χ4n) is 3.16. The van der Waals surface area contributed by atoms with Gasteiger partial charge in [-0.2, -0.15) is 13.2 Å². The van der Waals surface area contributed by atoms with Crippen LogP contribution in [0.3, 0.4) is 0 Å². The zero-order chi connectivity index (χ0) is 24.3. The number of aliphatic carboxylic acids is 1. The topological polar surface area (TPSA) is 113 Å². The highest BCUT2D eigenvalue weighted by molar-refractivity contribution is 5.92. The van der Waals surface area contributed by atoms with Gasteiger partial charge in [0.05, 0.1) is 25.1 Å². The molecule has 8 nitrogen and oxygen atoms in total. The van der Waals surface area contributed by atoms with E-state index in [0.29, 0.717) is 6.07 Å². The van der Waals surface area contributed by atoms with Crippen LogP contribution in [0, 0.1) is 5.82 Å². The number of alkyl halides is 3. The van der Waals surface area contributed by atoms with Gasteiger partial charge in [-0.15, -0.1) is 0 Å². The number of para-hydroxylation sites is 1. The first-order valence-electron chi connectivity index (χ1n) is 9.36. The maximum Gasteiger partial charge on any atom is 0.416 e. The van der Waals surface area contributed by atoms with Crippen molar-refractivity contribution < 1.29 is 37.0 Å². The number of H-pyrrole nitrogens is 1. The largest absolute Gasteiger partial charge is 0.496 e. The molecule has 3 aromatic rings. The van der Waals surface area contributed by atoms with E-state index in [0.717, 1.165) is 28.9 Å². The van der Waals surface area contributed by atoms with E-state index in [9.17, 15) is 37.1 Å². The number of hydrogen-bond acceptors (Lipinski definition) is 4. The molecule has 0 fully saturated rings. The Kier molecular flexibility index (Phi) is 6.56. The molecule has 1 heterocycles. The summed E-state index contributed by atoms with van der Waals surface area (Å²) >= 11 is 0. The van der Waals surface area contributed by atoms with Gasteiger partial charge in [0.2, 0.25) is 0 Å². The molecule has 174 valence electrons. The van der Waals surface area contributed by atoms with Crippen molar-refractivity contribution in [2.75, 3.05) is 7.11 Å². The van der Waals surface area contributed by atoms with Gasteiger partial charge >= 0.3 is 12.1 Å². The van der Waals surface area contributed by atoms with E-state index in [4.69, 9.17) is 4.74 Å². The van der Waals surface area contributed by atoms with Gasteiger partial charge in [0.25, 0.3) is 11.5 Å². The van der Waals surface area contributed by atoms with Crippen LogP contribution in [0.2, 0.25) is 0 Å². The molecule has 0 aliphatic rings. The molecular weight excluding hydrogens is 450 g/mol. The van der Waals surface area contributed by atoms with Gasteiger partial charge in [0, 0.05) is 11.6 Å². The van der Waals surface area contributed by atoms with Crippen molar-refractivity contribution in [2.24, 2.45) is 0 Å². The predicted octanol–water partition coefficient (Wildman–Crippen LogP) is 3.28. The van der Waals surface area contributed by atoms with Crippen LogP contribution in [0.15, 0.2) is 53.3 Å². The zero-order valence-electron chi connectivity index (χ0n) is 16.9. The molecule has 0 radical (unpaired) electrons. The number of benzene rings is 2. The number of ether oxygens (including phenoxy) is 1. The van der Waals surface area contributed by atoms with E-state index in [1.54, 1.807) is 0 Å². The van der Waals surface area contributed by atoms with Crippen molar-refractivity contribution in [3.05, 3.63) is 81.5 Å². The average molecular weight is 467 g/mol. The highest BCUT2D eigenvalue weighted by Crippen LogP contribution is 2.35. The number of nitrogens with zero attached hydrogens (tertiary/aromatic N) is 1. The van der Waals surface area contributed by atoms with Crippen molar-refractivity contribution in [1.82, 2.24) is 15.1 Å². The van der Waals surface area contributed by atoms with E-state index in [-0.39, 0.29) is 22.7 Å². The Labute approximate surface area is 183 Å². The number of methoxy groups -OCH3 is 1. The zero-order valence-corrected chi connectivity index (χ0v) is 16.9. The number of nitrogens with one attached hydrogen (secondary N) is 2. The lowest BCUT2D eigenvalue weighted by Gasteiger charge is -2.21. The molecule has 1 unspecified atom stereocenters. The molecule has 1 aromatic heterocycles. The molecule has 0 aliphatic heterocycles.